The number of halogens is 1. The fraction of sp³-hybridized carbons (Fsp3) is 0.350. The Balaban J connectivity index is 1.64. The molecule has 2 saturated heterocycles. The highest BCUT2D eigenvalue weighted by Crippen LogP contribution is 2.48. The van der Waals surface area contributed by atoms with Crippen molar-refractivity contribution >= 4 is 27.5 Å². The van der Waals surface area contributed by atoms with E-state index in [1.165, 1.54) is 0 Å². The number of rotatable bonds is 3. The van der Waals surface area contributed by atoms with Crippen LogP contribution in [0.4, 0.5) is 5.69 Å². The number of nitrogens with zero attached hydrogens (tertiary/aromatic N) is 1. The van der Waals surface area contributed by atoms with Gasteiger partial charge in [-0.3, -0.25) is 4.79 Å². The van der Waals surface area contributed by atoms with E-state index in [2.05, 4.69) is 28.1 Å². The van der Waals surface area contributed by atoms with Crippen molar-refractivity contribution in [3.8, 4) is 5.75 Å². The zero-order chi connectivity index (χ0) is 17.6. The van der Waals surface area contributed by atoms with Crippen LogP contribution in [0, 0.1) is 5.92 Å². The summed E-state index contributed by atoms with van der Waals surface area (Å²) >= 11 is 3.83. The van der Waals surface area contributed by atoms with E-state index >= 15 is 0 Å². The first kappa shape index (κ1) is 16.6. The molecule has 5 atom stereocenters. The molecule has 2 fully saturated rings. The third-order valence-electron chi connectivity index (χ3n) is 5.15. The smallest absolute Gasteiger partial charge is 0.235 e. The number of anilines is 1. The van der Waals surface area contributed by atoms with Crippen LogP contribution in [0.1, 0.15) is 18.6 Å². The second kappa shape index (κ2) is 6.46. The van der Waals surface area contributed by atoms with Crippen molar-refractivity contribution in [1.29, 1.82) is 0 Å². The highest BCUT2D eigenvalue weighted by Gasteiger charge is 2.59. The molecule has 1 amide bonds. The van der Waals surface area contributed by atoms with Crippen LogP contribution in [0.15, 0.2) is 54.6 Å². The minimum absolute atomic E-state index is 0.0379. The van der Waals surface area contributed by atoms with Gasteiger partial charge in [-0.25, -0.2) is 0 Å². The topological polar surface area (TPSA) is 38.8 Å². The van der Waals surface area contributed by atoms with E-state index in [9.17, 15) is 4.79 Å². The van der Waals surface area contributed by atoms with Gasteiger partial charge in [-0.15, -0.1) is 0 Å². The summed E-state index contributed by atoms with van der Waals surface area (Å²) in [4.78, 5) is 14.7. The molecular formula is C20H20BrNO3. The number of β-lactam (4-membered cyclic amide) rings is 1. The molecule has 0 radical (unpaired) electrons. The summed E-state index contributed by atoms with van der Waals surface area (Å²) in [6, 6.07) is 17.9. The van der Waals surface area contributed by atoms with Crippen LogP contribution in [0.25, 0.3) is 0 Å². The van der Waals surface area contributed by atoms with Gasteiger partial charge in [-0.2, -0.15) is 0 Å². The summed E-state index contributed by atoms with van der Waals surface area (Å²) in [5, 5.41) is 0. The van der Waals surface area contributed by atoms with Gasteiger partial charge < -0.3 is 14.4 Å². The van der Waals surface area contributed by atoms with E-state index in [0.717, 1.165) is 17.0 Å². The molecule has 25 heavy (non-hydrogen) atoms. The monoisotopic (exact) mass is 401 g/mol. The minimum Gasteiger partial charge on any atom is -0.497 e. The number of methoxy groups -OCH3 is 1. The molecule has 4 rings (SSSR count). The lowest BCUT2D eigenvalue weighted by molar-refractivity contribution is -0.152. The number of carbonyl (C=O) groups excluding carboxylic acids is 1. The molecule has 2 aromatic carbocycles. The molecule has 2 heterocycles. The molecule has 0 spiro atoms. The van der Waals surface area contributed by atoms with E-state index in [0.29, 0.717) is 0 Å². The Labute approximate surface area is 155 Å². The maximum absolute atomic E-state index is 12.7. The molecule has 0 saturated carbocycles. The predicted octanol–water partition coefficient (Wildman–Crippen LogP) is 3.95. The maximum Gasteiger partial charge on any atom is 0.235 e. The highest BCUT2D eigenvalue weighted by atomic mass is 79.9. The second-order valence-corrected chi connectivity index (χ2v) is 7.60. The van der Waals surface area contributed by atoms with Crippen LogP contribution in [0.2, 0.25) is 0 Å². The predicted molar refractivity (Wildman–Crippen MR) is 100 cm³/mol. The maximum atomic E-state index is 12.7. The Morgan fingerprint density at radius 3 is 2.40 bits per heavy atom. The fourth-order valence-corrected chi connectivity index (χ4v) is 4.86. The average Bonchev–Trinajstić information content (AvgIpc) is 2.64. The van der Waals surface area contributed by atoms with Crippen LogP contribution in [0.5, 0.6) is 5.75 Å². The number of fused-ring (bicyclic) bond motifs is 1. The lowest BCUT2D eigenvalue weighted by atomic mass is 9.76. The molecule has 4 nitrogen and oxygen atoms in total. The van der Waals surface area contributed by atoms with Gasteiger partial charge in [0.2, 0.25) is 5.91 Å². The molecule has 2 aromatic rings. The minimum atomic E-state index is -0.106. The van der Waals surface area contributed by atoms with Crippen LogP contribution in [-0.2, 0) is 9.53 Å². The Morgan fingerprint density at radius 1 is 1.08 bits per heavy atom. The van der Waals surface area contributed by atoms with E-state index in [-0.39, 0.29) is 34.9 Å². The van der Waals surface area contributed by atoms with E-state index in [1.54, 1.807) is 7.11 Å². The molecule has 0 bridgehead atoms. The fourth-order valence-electron chi connectivity index (χ4n) is 3.87. The first-order valence-corrected chi connectivity index (χ1v) is 9.35. The van der Waals surface area contributed by atoms with Crippen LogP contribution < -0.4 is 9.64 Å². The van der Waals surface area contributed by atoms with Crippen LogP contribution in [-0.4, -0.2) is 30.0 Å². The van der Waals surface area contributed by atoms with E-state index in [4.69, 9.17) is 9.47 Å². The molecule has 5 heteroatoms. The third-order valence-corrected chi connectivity index (χ3v) is 6.17. The number of benzene rings is 2. The molecule has 2 aliphatic rings. The zero-order valence-electron chi connectivity index (χ0n) is 14.1. The summed E-state index contributed by atoms with van der Waals surface area (Å²) in [6.07, 6.45) is -0.183. The van der Waals surface area contributed by atoms with E-state index in [1.807, 2.05) is 54.3 Å². The van der Waals surface area contributed by atoms with Crippen LogP contribution >= 0.6 is 15.9 Å². The van der Waals surface area contributed by atoms with Gasteiger partial charge in [0.1, 0.15) is 5.75 Å². The summed E-state index contributed by atoms with van der Waals surface area (Å²) in [6.45, 7) is 2.00. The van der Waals surface area contributed by atoms with Crippen molar-refractivity contribution in [3.63, 3.8) is 0 Å². The lowest BCUT2D eigenvalue weighted by Crippen LogP contribution is -2.71. The summed E-state index contributed by atoms with van der Waals surface area (Å²) in [5.41, 5.74) is 2.03. The van der Waals surface area contributed by atoms with Crippen molar-refractivity contribution in [3.05, 3.63) is 60.2 Å². The second-order valence-electron chi connectivity index (χ2n) is 6.54. The quantitative estimate of drug-likeness (QED) is 0.577. The summed E-state index contributed by atoms with van der Waals surface area (Å²) in [5.74, 6) is 0.802. The van der Waals surface area contributed by atoms with Crippen molar-refractivity contribution in [2.24, 2.45) is 5.92 Å². The van der Waals surface area contributed by atoms with Crippen molar-refractivity contribution in [2.75, 3.05) is 12.0 Å². The number of carbonyl (C=O) groups is 1. The van der Waals surface area contributed by atoms with Crippen molar-refractivity contribution in [1.82, 2.24) is 0 Å². The van der Waals surface area contributed by atoms with Gasteiger partial charge in [0.15, 0.2) is 0 Å². The van der Waals surface area contributed by atoms with Crippen LogP contribution in [0.3, 0.4) is 0 Å². The molecule has 130 valence electrons. The molecular weight excluding hydrogens is 382 g/mol. The normalized spacial score (nSPS) is 31.2. The Morgan fingerprint density at radius 2 is 1.76 bits per heavy atom. The first-order valence-electron chi connectivity index (χ1n) is 8.43. The van der Waals surface area contributed by atoms with Gasteiger partial charge in [0.05, 0.1) is 36.1 Å². The first-order chi connectivity index (χ1) is 12.1. The summed E-state index contributed by atoms with van der Waals surface area (Å²) < 4.78 is 11.4. The van der Waals surface area contributed by atoms with Gasteiger partial charge in [-0.1, -0.05) is 46.3 Å². The molecule has 0 N–H and O–H groups in total. The van der Waals surface area contributed by atoms with E-state index < -0.39 is 0 Å². The molecule has 0 aromatic heterocycles. The molecule has 0 aliphatic carbocycles. The van der Waals surface area contributed by atoms with Gasteiger partial charge in [0.25, 0.3) is 0 Å². The average molecular weight is 402 g/mol. The Hall–Kier alpha value is -1.85. The SMILES string of the molecule is COc1ccc(N2C(=O)[C@H]3[C@@H]2[C@@H](Br)[C@H](c2ccccc2)O[C@@H]3C)cc1. The number of ether oxygens (including phenoxy) is 2. The Kier molecular flexibility index (Phi) is 4.29. The third kappa shape index (κ3) is 2.66. The summed E-state index contributed by atoms with van der Waals surface area (Å²) in [7, 11) is 1.64. The zero-order valence-corrected chi connectivity index (χ0v) is 15.7. The van der Waals surface area contributed by atoms with Gasteiger partial charge in [0, 0.05) is 5.69 Å². The van der Waals surface area contributed by atoms with Crippen molar-refractivity contribution < 1.29 is 14.3 Å². The molecule has 2 aliphatic heterocycles. The van der Waals surface area contributed by atoms with Crippen molar-refractivity contribution in [2.45, 2.75) is 30.0 Å². The molecule has 0 unspecified atom stereocenters. The number of alkyl halides is 1. The lowest BCUT2D eigenvalue weighted by Gasteiger charge is -2.56. The van der Waals surface area contributed by atoms with Gasteiger partial charge in [-0.05, 0) is 36.8 Å². The highest BCUT2D eigenvalue weighted by molar-refractivity contribution is 9.09. The largest absolute Gasteiger partial charge is 0.497 e. The standard InChI is InChI=1S/C20H20BrNO3/c1-12-16-18(17(21)19(25-12)13-6-4-3-5-7-13)22(20(16)23)14-8-10-15(24-2)11-9-14/h3-12,16-19H,1-2H3/t12-,16-,17-,18-,19+/m1/s1. The Bertz CT molecular complexity index is 764. The van der Waals surface area contributed by atoms with Gasteiger partial charge >= 0.3 is 0 Å². The number of amides is 1. The number of hydrogen-bond donors (Lipinski definition) is 0. The number of hydrogen-bond acceptors (Lipinski definition) is 3.